The highest BCUT2D eigenvalue weighted by Gasteiger charge is 2.14. The summed E-state index contributed by atoms with van der Waals surface area (Å²) in [4.78, 5) is 10.1. The first-order chi connectivity index (χ1) is 6.56. The molecule has 1 rings (SSSR count). The molecule has 0 aromatic heterocycles. The Balaban J connectivity index is 3.17. The van der Waals surface area contributed by atoms with Gasteiger partial charge in [-0.3, -0.25) is 10.1 Å². The minimum Gasteiger partial charge on any atom is -0.492 e. The van der Waals surface area contributed by atoms with Gasteiger partial charge in [0, 0.05) is 11.6 Å². The Hall–Kier alpha value is -1.29. The molecule has 0 amide bonds. The third-order valence-electron chi connectivity index (χ3n) is 1.75. The second kappa shape index (κ2) is 4.28. The van der Waals surface area contributed by atoms with Gasteiger partial charge in [0.2, 0.25) is 0 Å². The summed E-state index contributed by atoms with van der Waals surface area (Å²) in [5, 5.41) is 10.8. The summed E-state index contributed by atoms with van der Waals surface area (Å²) in [6.45, 7) is 3.96. The van der Waals surface area contributed by atoms with E-state index in [1.807, 2.05) is 6.92 Å². The van der Waals surface area contributed by atoms with E-state index < -0.39 is 4.92 Å². The Kier molecular flexibility index (Phi) is 3.30. The summed E-state index contributed by atoms with van der Waals surface area (Å²) in [5.41, 5.74) is 0.557. The van der Waals surface area contributed by atoms with Crippen molar-refractivity contribution in [3.63, 3.8) is 0 Å². The topological polar surface area (TPSA) is 52.4 Å². The molecule has 76 valence electrons. The molecule has 0 aliphatic rings. The van der Waals surface area contributed by atoms with Gasteiger partial charge in [-0.15, -0.1) is 0 Å². The molecule has 0 bridgehead atoms. The van der Waals surface area contributed by atoms with Crippen molar-refractivity contribution in [1.29, 1.82) is 0 Å². The maximum Gasteiger partial charge on any atom is 0.274 e. The molecule has 4 nitrogen and oxygen atoms in total. The van der Waals surface area contributed by atoms with E-state index in [9.17, 15) is 10.1 Å². The number of nitrogens with zero attached hydrogens (tertiary/aromatic N) is 1. The molecule has 14 heavy (non-hydrogen) atoms. The first-order valence-corrected chi connectivity index (χ1v) is 4.51. The van der Waals surface area contributed by atoms with Crippen LogP contribution in [0.15, 0.2) is 12.1 Å². The van der Waals surface area contributed by atoms with Gasteiger partial charge < -0.3 is 4.74 Å². The van der Waals surface area contributed by atoms with Crippen LogP contribution in [-0.2, 0) is 0 Å². The van der Waals surface area contributed by atoms with E-state index >= 15 is 0 Å². The van der Waals surface area contributed by atoms with Gasteiger partial charge in [0.25, 0.3) is 5.69 Å². The molecule has 0 radical (unpaired) electrons. The largest absolute Gasteiger partial charge is 0.492 e. The predicted octanol–water partition coefficient (Wildman–Crippen LogP) is 2.96. The Morgan fingerprint density at radius 1 is 1.57 bits per heavy atom. The second-order valence-corrected chi connectivity index (χ2v) is 3.17. The normalized spacial score (nSPS) is 9.93. The van der Waals surface area contributed by atoms with Gasteiger partial charge >= 0.3 is 0 Å². The summed E-state index contributed by atoms with van der Waals surface area (Å²) in [7, 11) is 0. The number of ether oxygens (including phenoxy) is 1. The van der Waals surface area contributed by atoms with Crippen LogP contribution < -0.4 is 4.74 Å². The summed E-state index contributed by atoms with van der Waals surface area (Å²) < 4.78 is 5.20. The van der Waals surface area contributed by atoms with Crippen LogP contribution in [0.2, 0.25) is 5.02 Å². The van der Waals surface area contributed by atoms with E-state index in [0.717, 1.165) is 0 Å². The van der Waals surface area contributed by atoms with E-state index in [1.54, 1.807) is 13.0 Å². The van der Waals surface area contributed by atoms with Crippen molar-refractivity contribution in [2.45, 2.75) is 13.8 Å². The number of aryl methyl sites for hydroxylation is 1. The number of benzene rings is 1. The first-order valence-electron chi connectivity index (χ1n) is 4.13. The fraction of sp³-hybridized carbons (Fsp3) is 0.333. The Morgan fingerprint density at radius 2 is 2.21 bits per heavy atom. The summed E-state index contributed by atoms with van der Waals surface area (Å²) >= 11 is 5.79. The van der Waals surface area contributed by atoms with Crippen LogP contribution in [0, 0.1) is 17.0 Å². The third kappa shape index (κ3) is 2.14. The van der Waals surface area contributed by atoms with Crippen molar-refractivity contribution in [1.82, 2.24) is 0 Å². The fourth-order valence-electron chi connectivity index (χ4n) is 1.11. The molecule has 1 aromatic carbocycles. The second-order valence-electron chi connectivity index (χ2n) is 2.76. The SMILES string of the molecule is CCOc1cc(C)c([N+](=O)[O-])cc1Cl. The van der Waals surface area contributed by atoms with Gasteiger partial charge in [-0.1, -0.05) is 11.6 Å². The minimum atomic E-state index is -0.461. The number of nitro benzene ring substituents is 1. The first kappa shape index (κ1) is 10.8. The van der Waals surface area contributed by atoms with E-state index in [4.69, 9.17) is 16.3 Å². The van der Waals surface area contributed by atoms with E-state index in [2.05, 4.69) is 0 Å². The van der Waals surface area contributed by atoms with E-state index in [0.29, 0.717) is 17.9 Å². The zero-order valence-electron chi connectivity index (χ0n) is 7.91. The molecule has 0 aliphatic heterocycles. The molecule has 0 fully saturated rings. The molecular weight excluding hydrogens is 206 g/mol. The molecule has 0 unspecified atom stereocenters. The van der Waals surface area contributed by atoms with Gasteiger partial charge in [-0.25, -0.2) is 0 Å². The van der Waals surface area contributed by atoms with Gasteiger partial charge in [0.05, 0.1) is 16.6 Å². The number of rotatable bonds is 3. The average Bonchev–Trinajstić information content (AvgIpc) is 2.10. The van der Waals surface area contributed by atoms with E-state index in [1.165, 1.54) is 6.07 Å². The lowest BCUT2D eigenvalue weighted by Crippen LogP contribution is -1.96. The number of nitro groups is 1. The van der Waals surface area contributed by atoms with E-state index in [-0.39, 0.29) is 10.7 Å². The van der Waals surface area contributed by atoms with Crippen LogP contribution in [0.25, 0.3) is 0 Å². The average molecular weight is 216 g/mol. The molecule has 0 saturated heterocycles. The molecular formula is C9H10ClNO3. The molecule has 0 spiro atoms. The van der Waals surface area contributed by atoms with Crippen molar-refractivity contribution in [2.75, 3.05) is 6.61 Å². The molecule has 1 aromatic rings. The zero-order valence-corrected chi connectivity index (χ0v) is 8.67. The zero-order chi connectivity index (χ0) is 10.7. The number of hydrogen-bond donors (Lipinski definition) is 0. The maximum atomic E-state index is 10.5. The van der Waals surface area contributed by atoms with Crippen molar-refractivity contribution >= 4 is 17.3 Å². The quantitative estimate of drug-likeness (QED) is 0.575. The summed E-state index contributed by atoms with van der Waals surface area (Å²) in [6.07, 6.45) is 0. The Morgan fingerprint density at radius 3 is 2.71 bits per heavy atom. The predicted molar refractivity (Wildman–Crippen MR) is 54.0 cm³/mol. The van der Waals surface area contributed by atoms with Crippen LogP contribution in [0.1, 0.15) is 12.5 Å². The lowest BCUT2D eigenvalue weighted by Gasteiger charge is -2.06. The molecule has 5 heteroatoms. The highest BCUT2D eigenvalue weighted by molar-refractivity contribution is 6.32. The van der Waals surface area contributed by atoms with Crippen molar-refractivity contribution in [2.24, 2.45) is 0 Å². The highest BCUT2D eigenvalue weighted by atomic mass is 35.5. The lowest BCUT2D eigenvalue weighted by molar-refractivity contribution is -0.385. The van der Waals surface area contributed by atoms with Gasteiger partial charge in [0.1, 0.15) is 5.75 Å². The van der Waals surface area contributed by atoms with Crippen LogP contribution in [0.5, 0.6) is 5.75 Å². The Bertz CT molecular complexity index is 365. The summed E-state index contributed by atoms with van der Waals surface area (Å²) in [5.74, 6) is 0.484. The van der Waals surface area contributed by atoms with Crippen LogP contribution >= 0.6 is 11.6 Å². The van der Waals surface area contributed by atoms with Crippen LogP contribution in [-0.4, -0.2) is 11.5 Å². The van der Waals surface area contributed by atoms with Gasteiger partial charge in [-0.2, -0.15) is 0 Å². The van der Waals surface area contributed by atoms with Crippen molar-refractivity contribution in [3.05, 3.63) is 32.8 Å². The number of hydrogen-bond acceptors (Lipinski definition) is 3. The smallest absolute Gasteiger partial charge is 0.274 e. The standard InChI is InChI=1S/C9H10ClNO3/c1-3-14-9-4-6(2)8(11(12)13)5-7(9)10/h4-5H,3H2,1-2H3. The number of halogens is 1. The monoisotopic (exact) mass is 215 g/mol. The van der Waals surface area contributed by atoms with Gasteiger partial charge in [0.15, 0.2) is 0 Å². The lowest BCUT2D eigenvalue weighted by atomic mass is 10.2. The van der Waals surface area contributed by atoms with Crippen molar-refractivity contribution in [3.8, 4) is 5.75 Å². The fourth-order valence-corrected chi connectivity index (χ4v) is 1.32. The van der Waals surface area contributed by atoms with Crippen molar-refractivity contribution < 1.29 is 9.66 Å². The molecule has 0 aliphatic carbocycles. The highest BCUT2D eigenvalue weighted by Crippen LogP contribution is 2.31. The molecule has 0 saturated carbocycles. The maximum absolute atomic E-state index is 10.5. The third-order valence-corrected chi connectivity index (χ3v) is 2.04. The van der Waals surface area contributed by atoms with Crippen LogP contribution in [0.4, 0.5) is 5.69 Å². The Labute approximate surface area is 86.6 Å². The van der Waals surface area contributed by atoms with Gasteiger partial charge in [-0.05, 0) is 19.9 Å². The minimum absolute atomic E-state index is 0.0125. The molecule has 0 N–H and O–H groups in total. The van der Waals surface area contributed by atoms with Crippen LogP contribution in [0.3, 0.4) is 0 Å². The molecule has 0 heterocycles. The molecule has 0 atom stereocenters. The summed E-state index contributed by atoms with van der Waals surface area (Å²) in [6, 6.07) is 2.88.